The van der Waals surface area contributed by atoms with E-state index >= 15 is 0 Å². The zero-order valence-electron chi connectivity index (χ0n) is 36.0. The highest BCUT2D eigenvalue weighted by Gasteiger charge is 2.50. The van der Waals surface area contributed by atoms with Crippen molar-refractivity contribution >= 4 is 53.8 Å². The van der Waals surface area contributed by atoms with Crippen molar-refractivity contribution in [3.05, 3.63) is 110 Å². The summed E-state index contributed by atoms with van der Waals surface area (Å²) < 4.78 is 75.4. The average molecular weight is 953 g/mol. The second-order valence-corrected chi connectivity index (χ2v) is 19.9. The number of ether oxygens (including phenoxy) is 4. The number of hydrogen-bond donors (Lipinski definition) is 2. The number of non-ortho nitro benzene ring substituents is 2. The maximum Gasteiger partial charge on any atom is 0.270 e. The predicted molar refractivity (Wildman–Crippen MR) is 235 cm³/mol. The Morgan fingerprint density at radius 3 is 1.24 bits per heavy atom. The first-order valence-corrected chi connectivity index (χ1v) is 24.3. The van der Waals surface area contributed by atoms with Crippen molar-refractivity contribution in [2.75, 3.05) is 65.4 Å². The van der Waals surface area contributed by atoms with Gasteiger partial charge in [0.1, 0.15) is 32.7 Å². The van der Waals surface area contributed by atoms with Crippen LogP contribution in [0.3, 0.4) is 0 Å². The van der Waals surface area contributed by atoms with Crippen LogP contribution in [0.15, 0.2) is 103 Å². The molecule has 0 spiro atoms. The minimum Gasteiger partial charge on any atom is -0.508 e. The molecule has 6 rings (SSSR count). The van der Waals surface area contributed by atoms with Gasteiger partial charge in [0.2, 0.25) is 0 Å². The Morgan fingerprint density at radius 1 is 0.576 bits per heavy atom. The van der Waals surface area contributed by atoms with E-state index in [1.54, 1.807) is 0 Å². The number of sulfone groups is 2. The lowest BCUT2D eigenvalue weighted by molar-refractivity contribution is -0.699. The molecule has 0 aromatic heterocycles. The summed E-state index contributed by atoms with van der Waals surface area (Å²) in [5.41, 5.74) is 10.3. The third-order valence-electron chi connectivity index (χ3n) is 11.3. The SMILES string of the molecule is CS(=O)(=O)c1cc([N+](=O)[O-])ccc1N=Nc1ccc(O)c(CC23CCOCCOCCC(Cc4cc(N=Nc5ccc([N+](=O)[O-])cc5S(C)(=O)=O)ccc4O)(CCOCCOCC2)[N+]3=[N-])c1. The van der Waals surface area contributed by atoms with Crippen LogP contribution in [0.25, 0.3) is 5.53 Å². The molecule has 0 unspecified atom stereocenters. The Bertz CT molecular complexity index is 2560. The monoisotopic (exact) mass is 952 g/mol. The highest BCUT2D eigenvalue weighted by Crippen LogP contribution is 2.42. The molecule has 22 nitrogen and oxygen atoms in total. The van der Waals surface area contributed by atoms with Gasteiger partial charge in [0.15, 0.2) is 30.8 Å². The number of nitrogens with zero attached hydrogens (tertiary/aromatic N) is 8. The van der Waals surface area contributed by atoms with Gasteiger partial charge in [-0.15, -0.1) is 10.2 Å². The highest BCUT2D eigenvalue weighted by molar-refractivity contribution is 7.91. The fourth-order valence-electron chi connectivity index (χ4n) is 7.85. The van der Waals surface area contributed by atoms with Gasteiger partial charge < -0.3 is 39.4 Å². The first-order valence-electron chi connectivity index (χ1n) is 20.5. The number of rotatable bonds is 12. The smallest absolute Gasteiger partial charge is 0.270 e. The third kappa shape index (κ3) is 12.2. The molecule has 0 aliphatic carbocycles. The van der Waals surface area contributed by atoms with Crippen molar-refractivity contribution in [1.82, 2.24) is 0 Å². The van der Waals surface area contributed by atoms with Crippen molar-refractivity contribution in [2.24, 2.45) is 20.5 Å². The lowest BCUT2D eigenvalue weighted by Gasteiger charge is -2.45. The van der Waals surface area contributed by atoms with Crippen molar-refractivity contribution in [1.29, 1.82) is 0 Å². The number of nitro benzene ring substituents is 2. The molecule has 66 heavy (non-hydrogen) atoms. The number of phenols is 2. The number of nitro groups is 2. The zero-order valence-corrected chi connectivity index (χ0v) is 37.6. The molecule has 0 atom stereocenters. The summed E-state index contributed by atoms with van der Waals surface area (Å²) in [6, 6.07) is 15.0. The molecule has 2 saturated heterocycles. The van der Waals surface area contributed by atoms with Gasteiger partial charge >= 0.3 is 0 Å². The maximum absolute atomic E-state index is 13.1. The fourth-order valence-corrected chi connectivity index (χ4v) is 9.50. The van der Waals surface area contributed by atoms with E-state index in [1.807, 2.05) is 0 Å². The second-order valence-electron chi connectivity index (χ2n) is 16.0. The maximum atomic E-state index is 13.1. The summed E-state index contributed by atoms with van der Waals surface area (Å²) in [6.45, 7) is 1.55. The largest absolute Gasteiger partial charge is 0.508 e. The second kappa shape index (κ2) is 21.0. The van der Waals surface area contributed by atoms with Gasteiger partial charge in [-0.25, -0.2) is 16.8 Å². The van der Waals surface area contributed by atoms with Crippen molar-refractivity contribution < 1.29 is 60.5 Å². The first-order chi connectivity index (χ1) is 31.3. The number of phenolic OH excluding ortho intramolecular Hbond substituents is 2. The van der Waals surface area contributed by atoms with E-state index in [1.165, 1.54) is 53.2 Å². The average Bonchev–Trinajstić information content (AvgIpc) is 3.31. The van der Waals surface area contributed by atoms with Crippen molar-refractivity contribution in [3.8, 4) is 11.5 Å². The first kappa shape index (κ1) is 49.3. The quantitative estimate of drug-likeness (QED) is 0.0601. The van der Waals surface area contributed by atoms with Crippen LogP contribution >= 0.6 is 0 Å². The van der Waals surface area contributed by atoms with E-state index in [9.17, 15) is 52.8 Å². The van der Waals surface area contributed by atoms with Crippen LogP contribution in [-0.4, -0.2) is 118 Å². The summed E-state index contributed by atoms with van der Waals surface area (Å²) in [7, 11) is -7.94. The number of benzene rings is 4. The number of fused-ring (bicyclic) bond motifs is 2. The molecule has 24 heteroatoms. The molecular weight excluding hydrogens is 905 g/mol. The van der Waals surface area contributed by atoms with E-state index in [0.29, 0.717) is 11.1 Å². The van der Waals surface area contributed by atoms with Crippen LogP contribution in [0.5, 0.6) is 11.5 Å². The lowest BCUT2D eigenvalue weighted by atomic mass is 9.76. The Balaban J connectivity index is 1.42. The van der Waals surface area contributed by atoms with E-state index in [-0.39, 0.29) is 126 Å². The predicted octanol–water partition coefficient (Wildman–Crippen LogP) is 7.50. The molecule has 352 valence electrons. The van der Waals surface area contributed by atoms with Gasteiger partial charge in [-0.2, -0.15) is 10.2 Å². The summed E-state index contributed by atoms with van der Waals surface area (Å²) in [5, 5.41) is 62.2. The molecule has 4 aromatic rings. The molecule has 0 saturated carbocycles. The summed E-state index contributed by atoms with van der Waals surface area (Å²) in [4.78, 5) is 20.5. The molecule has 0 amide bonds. The number of aromatic hydroxyl groups is 2. The highest BCUT2D eigenvalue weighted by atomic mass is 32.2. The van der Waals surface area contributed by atoms with Crippen LogP contribution in [0.4, 0.5) is 34.1 Å². The van der Waals surface area contributed by atoms with Crippen LogP contribution in [0.1, 0.15) is 36.8 Å². The number of azo groups is 2. The van der Waals surface area contributed by atoms with Gasteiger partial charge in [-0.3, -0.25) is 20.2 Å². The standard InChI is InChI=1S/C42H48N8O14S2/c1-65(57,58)39-25-33(48(53)54)5-7-35(39)46-44-31-3-9-37(51)29(23-31)27-41-11-15-61-19-21-63-17-13-42(50(41)43,14-18-64-22-20-62-16-12-41)28-30-24-32(4-10-38(30)52)45-47-36-8-6-34(49(55)56)26-40(36)66(2,59)60/h3-10,23-26,51-52H,11-22,27-28H2,1-2H3. The molecule has 2 bridgehead atoms. The Hall–Kier alpha value is -6.18. The Kier molecular flexibility index (Phi) is 15.7. The topological polar surface area (TPSA) is 307 Å². The third-order valence-corrected chi connectivity index (χ3v) is 13.6. The van der Waals surface area contributed by atoms with Gasteiger partial charge in [0.25, 0.3) is 11.4 Å². The van der Waals surface area contributed by atoms with Crippen molar-refractivity contribution in [2.45, 2.75) is 59.4 Å². The molecule has 4 aromatic carbocycles. The fraction of sp³-hybridized carbons (Fsp3) is 0.429. The molecule has 2 aliphatic heterocycles. The minimum atomic E-state index is -3.97. The van der Waals surface area contributed by atoms with Gasteiger partial charge in [-0.1, -0.05) is 0 Å². The van der Waals surface area contributed by atoms with Crippen LogP contribution in [0, 0.1) is 20.2 Å². The molecular formula is C42H48N8O14S2. The lowest BCUT2D eigenvalue weighted by Crippen LogP contribution is -2.57. The molecule has 2 aliphatic rings. The summed E-state index contributed by atoms with van der Waals surface area (Å²) >= 11 is 0. The summed E-state index contributed by atoms with van der Waals surface area (Å²) in [6.07, 6.45) is 2.50. The molecule has 0 radical (unpaired) electrons. The van der Waals surface area contributed by atoms with Gasteiger partial charge in [0, 0.05) is 86.4 Å². The van der Waals surface area contributed by atoms with Crippen LogP contribution in [-0.2, 0) is 51.5 Å². The number of hydrogen-bond acceptors (Lipinski definition) is 18. The van der Waals surface area contributed by atoms with E-state index in [4.69, 9.17) is 18.9 Å². The molecule has 2 heterocycles. The zero-order chi connectivity index (χ0) is 47.7. The molecule has 2 fully saturated rings. The summed E-state index contributed by atoms with van der Waals surface area (Å²) in [5.74, 6) is -0.316. The van der Waals surface area contributed by atoms with Gasteiger partial charge in [0.05, 0.1) is 74.1 Å². The van der Waals surface area contributed by atoms with Crippen LogP contribution < -0.4 is 0 Å². The van der Waals surface area contributed by atoms with Crippen LogP contribution in [0.2, 0.25) is 0 Å². The minimum absolute atomic E-state index is 0.0286. The normalized spacial score (nSPS) is 20.7. The van der Waals surface area contributed by atoms with E-state index in [2.05, 4.69) is 20.5 Å². The Morgan fingerprint density at radius 2 is 0.924 bits per heavy atom. The van der Waals surface area contributed by atoms with Gasteiger partial charge in [-0.05, 0) is 48.5 Å². The van der Waals surface area contributed by atoms with E-state index < -0.39 is 61.8 Å². The van der Waals surface area contributed by atoms with E-state index in [0.717, 1.165) is 36.8 Å². The van der Waals surface area contributed by atoms with Crippen molar-refractivity contribution in [3.63, 3.8) is 0 Å². The Labute approximate surface area is 379 Å². The molecule has 2 N–H and O–H groups in total.